The molecule has 1 atom stereocenters. The van der Waals surface area contributed by atoms with E-state index in [0.717, 1.165) is 0 Å². The predicted octanol–water partition coefficient (Wildman–Crippen LogP) is 1.60. The molecule has 0 aliphatic carbocycles. The molecule has 1 aliphatic heterocycles. The fourth-order valence-corrected chi connectivity index (χ4v) is 2.47. The molecule has 0 aromatic carbocycles. The summed E-state index contributed by atoms with van der Waals surface area (Å²) in [6.07, 6.45) is 1.04. The summed E-state index contributed by atoms with van der Waals surface area (Å²) in [5.41, 5.74) is 0. The molecule has 1 saturated heterocycles. The molecular formula is C13H14F2N4O3. The van der Waals surface area contributed by atoms with E-state index in [1.165, 1.54) is 18.2 Å². The maximum absolute atomic E-state index is 13.7. The van der Waals surface area contributed by atoms with Crippen molar-refractivity contribution in [3.63, 3.8) is 0 Å². The number of hydrogen-bond donors (Lipinski definition) is 1. The average Bonchev–Trinajstić information content (AvgIpc) is 3.18. The van der Waals surface area contributed by atoms with Crippen molar-refractivity contribution in [2.45, 2.75) is 24.9 Å². The van der Waals surface area contributed by atoms with E-state index in [9.17, 15) is 13.6 Å². The molecule has 7 nitrogen and oxygen atoms in total. The van der Waals surface area contributed by atoms with E-state index in [4.69, 9.17) is 8.94 Å². The Morgan fingerprint density at radius 3 is 3.09 bits per heavy atom. The first-order valence-corrected chi connectivity index (χ1v) is 6.68. The minimum absolute atomic E-state index is 0.00216. The minimum atomic E-state index is -2.86. The standard InChI is InChI=1S/C13H14F2N4O3/c1-16-11(20)10-17-12(22-18-10)9-5-13(14,15)7-19(9)6-8-3-2-4-21-8/h2-4,9H,5-7H2,1H3,(H,16,20)/t9-/m0/s1. The molecule has 1 fully saturated rings. The highest BCUT2D eigenvalue weighted by Gasteiger charge is 2.48. The molecule has 2 aromatic rings. The number of furan rings is 1. The average molecular weight is 312 g/mol. The molecule has 0 saturated carbocycles. The van der Waals surface area contributed by atoms with Gasteiger partial charge in [0.25, 0.3) is 17.7 Å². The van der Waals surface area contributed by atoms with E-state index in [-0.39, 0.29) is 18.3 Å². The molecule has 0 unspecified atom stereocenters. The predicted molar refractivity (Wildman–Crippen MR) is 69.1 cm³/mol. The second kappa shape index (κ2) is 5.48. The lowest BCUT2D eigenvalue weighted by molar-refractivity contribution is 0.0108. The van der Waals surface area contributed by atoms with Crippen LogP contribution in [0.2, 0.25) is 0 Å². The summed E-state index contributed by atoms with van der Waals surface area (Å²) in [6, 6.07) is 2.64. The smallest absolute Gasteiger partial charge is 0.292 e. The first-order valence-electron chi connectivity index (χ1n) is 6.68. The second-order valence-electron chi connectivity index (χ2n) is 5.10. The van der Waals surface area contributed by atoms with Crippen molar-refractivity contribution in [1.29, 1.82) is 0 Å². The number of nitrogens with one attached hydrogen (secondary N) is 1. The number of amides is 1. The lowest BCUT2D eigenvalue weighted by Gasteiger charge is -2.19. The van der Waals surface area contributed by atoms with Gasteiger partial charge < -0.3 is 14.3 Å². The monoisotopic (exact) mass is 312 g/mol. The molecule has 1 amide bonds. The van der Waals surface area contributed by atoms with Gasteiger partial charge >= 0.3 is 0 Å². The molecule has 9 heteroatoms. The highest BCUT2D eigenvalue weighted by atomic mass is 19.3. The molecular weight excluding hydrogens is 298 g/mol. The van der Waals surface area contributed by atoms with Gasteiger partial charge in [-0.2, -0.15) is 4.98 Å². The van der Waals surface area contributed by atoms with Crippen LogP contribution in [0.1, 0.15) is 34.7 Å². The third kappa shape index (κ3) is 2.84. The topological polar surface area (TPSA) is 84.4 Å². The molecule has 3 rings (SSSR count). The van der Waals surface area contributed by atoms with Crippen LogP contribution < -0.4 is 5.32 Å². The summed E-state index contributed by atoms with van der Waals surface area (Å²) in [5.74, 6) is -3.00. The molecule has 3 heterocycles. The van der Waals surface area contributed by atoms with Gasteiger partial charge in [-0.3, -0.25) is 9.69 Å². The Labute approximate surface area is 124 Å². The highest BCUT2D eigenvalue weighted by molar-refractivity contribution is 5.89. The Balaban J connectivity index is 1.82. The van der Waals surface area contributed by atoms with Crippen molar-refractivity contribution >= 4 is 5.91 Å². The summed E-state index contributed by atoms with van der Waals surface area (Å²) in [5, 5.41) is 5.87. The van der Waals surface area contributed by atoms with Gasteiger partial charge in [0, 0.05) is 13.5 Å². The third-order valence-corrected chi connectivity index (χ3v) is 3.46. The molecule has 118 valence electrons. The zero-order valence-corrected chi connectivity index (χ0v) is 11.8. The van der Waals surface area contributed by atoms with Gasteiger partial charge in [-0.1, -0.05) is 5.16 Å². The molecule has 2 aromatic heterocycles. The molecule has 1 aliphatic rings. The van der Waals surface area contributed by atoms with Gasteiger partial charge in [0.1, 0.15) is 5.76 Å². The maximum Gasteiger partial charge on any atom is 0.292 e. The molecule has 0 radical (unpaired) electrons. The quantitative estimate of drug-likeness (QED) is 0.923. The molecule has 1 N–H and O–H groups in total. The Bertz CT molecular complexity index is 656. The first kappa shape index (κ1) is 14.6. The maximum atomic E-state index is 13.7. The number of rotatable bonds is 4. The van der Waals surface area contributed by atoms with Crippen LogP contribution in [0.4, 0.5) is 8.78 Å². The van der Waals surface area contributed by atoms with Crippen molar-refractivity contribution in [2.24, 2.45) is 0 Å². The number of alkyl halides is 2. The SMILES string of the molecule is CNC(=O)c1noc([C@@H]2CC(F)(F)CN2Cc2ccco2)n1. The summed E-state index contributed by atoms with van der Waals surface area (Å²) >= 11 is 0. The van der Waals surface area contributed by atoms with Crippen LogP contribution in [0.15, 0.2) is 27.3 Å². The first-order chi connectivity index (χ1) is 10.5. The second-order valence-corrected chi connectivity index (χ2v) is 5.10. The van der Waals surface area contributed by atoms with Gasteiger partial charge in [-0.25, -0.2) is 8.78 Å². The number of aromatic nitrogens is 2. The van der Waals surface area contributed by atoms with Crippen LogP contribution in [-0.2, 0) is 6.54 Å². The van der Waals surface area contributed by atoms with Crippen molar-refractivity contribution < 1.29 is 22.5 Å². The fourth-order valence-electron chi connectivity index (χ4n) is 2.47. The van der Waals surface area contributed by atoms with Gasteiger partial charge in [-0.05, 0) is 12.1 Å². The van der Waals surface area contributed by atoms with Crippen LogP contribution in [0.5, 0.6) is 0 Å². The van der Waals surface area contributed by atoms with E-state index in [2.05, 4.69) is 15.5 Å². The number of halogens is 2. The summed E-state index contributed by atoms with van der Waals surface area (Å²) in [6.45, 7) is -0.235. The van der Waals surface area contributed by atoms with Crippen molar-refractivity contribution in [2.75, 3.05) is 13.6 Å². The van der Waals surface area contributed by atoms with Crippen molar-refractivity contribution in [3.05, 3.63) is 35.9 Å². The Morgan fingerprint density at radius 1 is 1.59 bits per heavy atom. The summed E-state index contributed by atoms with van der Waals surface area (Å²) in [7, 11) is 1.42. The lowest BCUT2D eigenvalue weighted by Crippen LogP contribution is -2.26. The zero-order chi connectivity index (χ0) is 15.7. The zero-order valence-electron chi connectivity index (χ0n) is 11.8. The molecule has 22 heavy (non-hydrogen) atoms. The van der Waals surface area contributed by atoms with Crippen LogP contribution in [-0.4, -0.2) is 40.5 Å². The fraction of sp³-hybridized carbons (Fsp3) is 0.462. The minimum Gasteiger partial charge on any atom is -0.468 e. The van der Waals surface area contributed by atoms with Gasteiger partial charge in [0.05, 0.1) is 25.4 Å². The van der Waals surface area contributed by atoms with E-state index in [0.29, 0.717) is 5.76 Å². The Hall–Kier alpha value is -2.29. The summed E-state index contributed by atoms with van der Waals surface area (Å²) in [4.78, 5) is 16.8. The summed E-state index contributed by atoms with van der Waals surface area (Å²) < 4.78 is 37.7. The number of likely N-dealkylation sites (tertiary alicyclic amines) is 1. The van der Waals surface area contributed by atoms with E-state index in [1.54, 1.807) is 12.1 Å². The Morgan fingerprint density at radius 2 is 2.41 bits per heavy atom. The van der Waals surface area contributed by atoms with E-state index >= 15 is 0 Å². The number of carbonyl (C=O) groups excluding carboxylic acids is 1. The van der Waals surface area contributed by atoms with Crippen LogP contribution in [0.25, 0.3) is 0 Å². The van der Waals surface area contributed by atoms with E-state index < -0.39 is 30.8 Å². The van der Waals surface area contributed by atoms with Gasteiger partial charge in [-0.15, -0.1) is 0 Å². The van der Waals surface area contributed by atoms with Crippen molar-refractivity contribution in [3.8, 4) is 0 Å². The van der Waals surface area contributed by atoms with Crippen LogP contribution >= 0.6 is 0 Å². The molecule has 0 bridgehead atoms. The molecule has 0 spiro atoms. The Kier molecular flexibility index (Phi) is 3.65. The number of hydrogen-bond acceptors (Lipinski definition) is 6. The van der Waals surface area contributed by atoms with Gasteiger partial charge in [0.15, 0.2) is 0 Å². The largest absolute Gasteiger partial charge is 0.468 e. The third-order valence-electron chi connectivity index (χ3n) is 3.46. The van der Waals surface area contributed by atoms with Crippen LogP contribution in [0, 0.1) is 0 Å². The van der Waals surface area contributed by atoms with E-state index in [1.807, 2.05) is 0 Å². The lowest BCUT2D eigenvalue weighted by atomic mass is 10.2. The number of carbonyl (C=O) groups is 1. The van der Waals surface area contributed by atoms with Gasteiger partial charge in [0.2, 0.25) is 5.89 Å². The highest BCUT2D eigenvalue weighted by Crippen LogP contribution is 2.41. The van der Waals surface area contributed by atoms with Crippen LogP contribution in [0.3, 0.4) is 0 Å². The van der Waals surface area contributed by atoms with Crippen molar-refractivity contribution in [1.82, 2.24) is 20.4 Å². The normalized spacial score (nSPS) is 21.1. The number of nitrogens with zero attached hydrogens (tertiary/aromatic N) is 3.